The fourth-order valence-electron chi connectivity index (χ4n) is 2.95. The summed E-state index contributed by atoms with van der Waals surface area (Å²) in [7, 11) is 1.54. The van der Waals surface area contributed by atoms with Crippen molar-refractivity contribution in [2.45, 2.75) is 18.6 Å². The molecule has 3 amide bonds. The summed E-state index contributed by atoms with van der Waals surface area (Å²) >= 11 is 0. The molecule has 2 unspecified atom stereocenters. The van der Waals surface area contributed by atoms with Crippen LogP contribution in [0, 0.1) is 0 Å². The van der Waals surface area contributed by atoms with Crippen molar-refractivity contribution in [2.75, 3.05) is 13.7 Å². The summed E-state index contributed by atoms with van der Waals surface area (Å²) in [5.74, 6) is 0.198. The number of nitrogens with one attached hydrogen (secondary N) is 1. The number of aliphatic hydroxyl groups excluding tert-OH is 1. The van der Waals surface area contributed by atoms with Gasteiger partial charge >= 0.3 is 6.03 Å². The van der Waals surface area contributed by atoms with Crippen LogP contribution < -0.4 is 10.1 Å². The second-order valence-electron chi connectivity index (χ2n) is 6.13. The van der Waals surface area contributed by atoms with E-state index in [4.69, 9.17) is 4.74 Å². The molecule has 1 aliphatic heterocycles. The molecular weight excluding hydrogens is 320 g/mol. The summed E-state index contributed by atoms with van der Waals surface area (Å²) < 4.78 is 5.19. The van der Waals surface area contributed by atoms with E-state index in [0.29, 0.717) is 16.9 Å². The van der Waals surface area contributed by atoms with Crippen LogP contribution in [0.2, 0.25) is 0 Å². The van der Waals surface area contributed by atoms with Gasteiger partial charge in [-0.05, 0) is 30.2 Å². The van der Waals surface area contributed by atoms with Gasteiger partial charge in [-0.25, -0.2) is 4.79 Å². The predicted octanol–water partition coefficient (Wildman–Crippen LogP) is 2.20. The van der Waals surface area contributed by atoms with Gasteiger partial charge in [0.2, 0.25) is 0 Å². The fourth-order valence-corrected chi connectivity index (χ4v) is 2.95. The van der Waals surface area contributed by atoms with Crippen LogP contribution in [-0.2, 0) is 10.3 Å². The van der Waals surface area contributed by atoms with Crippen molar-refractivity contribution in [1.82, 2.24) is 10.2 Å². The minimum absolute atomic E-state index is 0.103. The SMILES string of the molecule is COc1cccc(C2(C)NC(=O)N(CC(O)c3ccccc3)C2=O)c1. The number of methoxy groups -OCH3 is 1. The van der Waals surface area contributed by atoms with E-state index in [9.17, 15) is 14.7 Å². The second-order valence-corrected chi connectivity index (χ2v) is 6.13. The lowest BCUT2D eigenvalue weighted by Gasteiger charge is -2.23. The minimum atomic E-state index is -1.19. The van der Waals surface area contributed by atoms with Crippen molar-refractivity contribution >= 4 is 11.9 Å². The van der Waals surface area contributed by atoms with Crippen LogP contribution >= 0.6 is 0 Å². The molecule has 0 spiro atoms. The highest BCUT2D eigenvalue weighted by molar-refractivity contribution is 6.07. The van der Waals surface area contributed by atoms with Crippen molar-refractivity contribution in [3.8, 4) is 5.75 Å². The van der Waals surface area contributed by atoms with Crippen LogP contribution in [0.4, 0.5) is 4.79 Å². The smallest absolute Gasteiger partial charge is 0.325 e. The maximum absolute atomic E-state index is 12.9. The first kappa shape index (κ1) is 17.0. The standard InChI is InChI=1S/C19H20N2O4/c1-19(14-9-6-10-15(11-14)25-2)17(23)21(18(24)20-19)12-16(22)13-7-4-3-5-8-13/h3-11,16,22H,12H2,1-2H3,(H,20,24). The third-order valence-electron chi connectivity index (χ3n) is 4.46. The zero-order valence-corrected chi connectivity index (χ0v) is 14.1. The molecule has 6 nitrogen and oxygen atoms in total. The average molecular weight is 340 g/mol. The number of carbonyl (C=O) groups excluding carboxylic acids is 2. The van der Waals surface area contributed by atoms with Crippen molar-refractivity contribution < 1.29 is 19.4 Å². The zero-order valence-electron chi connectivity index (χ0n) is 14.1. The zero-order chi connectivity index (χ0) is 18.0. The van der Waals surface area contributed by atoms with Gasteiger partial charge in [-0.1, -0.05) is 42.5 Å². The molecule has 2 aromatic rings. The van der Waals surface area contributed by atoms with Gasteiger partial charge in [0.05, 0.1) is 19.8 Å². The summed E-state index contributed by atoms with van der Waals surface area (Å²) in [5, 5.41) is 13.1. The summed E-state index contributed by atoms with van der Waals surface area (Å²) in [6, 6.07) is 15.4. The number of aliphatic hydroxyl groups is 1. The molecule has 0 aromatic heterocycles. The van der Waals surface area contributed by atoms with Crippen LogP contribution in [0.3, 0.4) is 0 Å². The largest absolute Gasteiger partial charge is 0.497 e. The highest BCUT2D eigenvalue weighted by Crippen LogP contribution is 2.31. The molecule has 6 heteroatoms. The van der Waals surface area contributed by atoms with Crippen molar-refractivity contribution in [3.63, 3.8) is 0 Å². The number of urea groups is 1. The first-order valence-corrected chi connectivity index (χ1v) is 7.97. The summed E-state index contributed by atoms with van der Waals surface area (Å²) in [6.45, 7) is 1.55. The van der Waals surface area contributed by atoms with Crippen molar-refractivity contribution in [1.29, 1.82) is 0 Å². The molecule has 1 heterocycles. The monoisotopic (exact) mass is 340 g/mol. The lowest BCUT2D eigenvalue weighted by molar-refractivity contribution is -0.132. The van der Waals surface area contributed by atoms with Gasteiger partial charge in [0, 0.05) is 0 Å². The maximum atomic E-state index is 12.9. The Morgan fingerprint density at radius 2 is 1.88 bits per heavy atom. The molecule has 1 fully saturated rings. The third kappa shape index (κ3) is 3.08. The van der Waals surface area contributed by atoms with Gasteiger partial charge in [-0.15, -0.1) is 0 Å². The molecule has 2 aromatic carbocycles. The van der Waals surface area contributed by atoms with Crippen LogP contribution in [0.5, 0.6) is 5.75 Å². The Balaban J connectivity index is 1.84. The van der Waals surface area contributed by atoms with Crippen LogP contribution in [-0.4, -0.2) is 35.6 Å². The lowest BCUT2D eigenvalue weighted by Crippen LogP contribution is -2.41. The van der Waals surface area contributed by atoms with E-state index in [2.05, 4.69) is 5.32 Å². The topological polar surface area (TPSA) is 78.9 Å². The van der Waals surface area contributed by atoms with Crippen molar-refractivity contribution in [2.24, 2.45) is 0 Å². The first-order chi connectivity index (χ1) is 12.0. The lowest BCUT2D eigenvalue weighted by atomic mass is 9.92. The van der Waals surface area contributed by atoms with E-state index in [-0.39, 0.29) is 6.54 Å². The number of β-amino-alcohol motifs (C(OH)–C–C–N with tert-alkyl or cyclic N) is 1. The molecule has 25 heavy (non-hydrogen) atoms. The number of nitrogens with zero attached hydrogens (tertiary/aromatic N) is 1. The van der Waals surface area contributed by atoms with Gasteiger partial charge in [0.25, 0.3) is 5.91 Å². The van der Waals surface area contributed by atoms with Crippen LogP contribution in [0.1, 0.15) is 24.2 Å². The van der Waals surface area contributed by atoms with E-state index in [1.54, 1.807) is 62.6 Å². The van der Waals surface area contributed by atoms with E-state index < -0.39 is 23.6 Å². The van der Waals surface area contributed by atoms with E-state index in [1.807, 2.05) is 6.07 Å². The van der Waals surface area contributed by atoms with Crippen LogP contribution in [0.15, 0.2) is 54.6 Å². The maximum Gasteiger partial charge on any atom is 0.325 e. The number of hydrogen-bond acceptors (Lipinski definition) is 4. The Morgan fingerprint density at radius 3 is 2.56 bits per heavy atom. The molecule has 0 bridgehead atoms. The second kappa shape index (κ2) is 6.57. The highest BCUT2D eigenvalue weighted by Gasteiger charge is 2.49. The van der Waals surface area contributed by atoms with Gasteiger partial charge in [0.15, 0.2) is 0 Å². The molecule has 2 atom stereocenters. The number of benzene rings is 2. The molecule has 0 saturated carbocycles. The normalized spacial score (nSPS) is 21.2. The Bertz CT molecular complexity index is 793. The van der Waals surface area contributed by atoms with Gasteiger partial charge < -0.3 is 15.2 Å². The minimum Gasteiger partial charge on any atom is -0.497 e. The van der Waals surface area contributed by atoms with E-state index >= 15 is 0 Å². The predicted molar refractivity (Wildman–Crippen MR) is 92.0 cm³/mol. The fraction of sp³-hybridized carbons (Fsp3) is 0.263. The number of amides is 3. The number of imide groups is 1. The Hall–Kier alpha value is -2.86. The van der Waals surface area contributed by atoms with Crippen LogP contribution in [0.25, 0.3) is 0 Å². The quantitative estimate of drug-likeness (QED) is 0.818. The first-order valence-electron chi connectivity index (χ1n) is 7.97. The van der Waals surface area contributed by atoms with Gasteiger partial charge in [0.1, 0.15) is 11.3 Å². The Morgan fingerprint density at radius 1 is 1.16 bits per heavy atom. The molecular formula is C19H20N2O4. The Labute approximate surface area is 146 Å². The van der Waals surface area contributed by atoms with Gasteiger partial charge in [-0.3, -0.25) is 9.69 Å². The molecule has 130 valence electrons. The summed E-state index contributed by atoms with van der Waals surface area (Å²) in [6.07, 6.45) is -0.941. The molecule has 1 saturated heterocycles. The van der Waals surface area contributed by atoms with Gasteiger partial charge in [-0.2, -0.15) is 0 Å². The molecule has 1 aliphatic rings. The summed E-state index contributed by atoms with van der Waals surface area (Å²) in [4.78, 5) is 26.3. The van der Waals surface area contributed by atoms with E-state index in [0.717, 1.165) is 4.90 Å². The highest BCUT2D eigenvalue weighted by atomic mass is 16.5. The van der Waals surface area contributed by atoms with E-state index in [1.165, 1.54) is 0 Å². The number of carbonyl (C=O) groups is 2. The molecule has 0 radical (unpaired) electrons. The number of ether oxygens (including phenoxy) is 1. The van der Waals surface area contributed by atoms with Crippen molar-refractivity contribution in [3.05, 3.63) is 65.7 Å². The summed E-state index contributed by atoms with van der Waals surface area (Å²) in [5.41, 5.74) is 0.0853. The molecule has 0 aliphatic carbocycles. The Kier molecular flexibility index (Phi) is 4.46. The molecule has 2 N–H and O–H groups in total. The number of rotatable bonds is 5. The molecule has 3 rings (SSSR count). The average Bonchev–Trinajstić information content (AvgIpc) is 2.86. The third-order valence-corrected chi connectivity index (χ3v) is 4.46. The number of hydrogen-bond donors (Lipinski definition) is 2.